The van der Waals surface area contributed by atoms with Gasteiger partial charge >= 0.3 is 71.6 Å². The minimum Gasteiger partial charge on any atom is -0.478 e. The Morgan fingerprint density at radius 1 is 0.218 bits per heavy atom. The van der Waals surface area contributed by atoms with Gasteiger partial charge in [-0.3, -0.25) is 0 Å². The third-order valence-corrected chi connectivity index (χ3v) is 9.59. The van der Waals surface area contributed by atoms with Crippen molar-refractivity contribution in [2.45, 2.75) is 0 Å². The molecule has 32 heteroatoms. The second-order valence-corrected chi connectivity index (χ2v) is 15.0. The van der Waals surface area contributed by atoms with Crippen LogP contribution in [0.4, 0.5) is 0 Å². The van der Waals surface area contributed by atoms with E-state index in [2.05, 4.69) is 0 Å². The Balaban J connectivity index is 0. The van der Waals surface area contributed by atoms with Crippen molar-refractivity contribution in [2.75, 3.05) is 52.9 Å². The van der Waals surface area contributed by atoms with Crippen molar-refractivity contribution in [1.29, 1.82) is 0 Å². The summed E-state index contributed by atoms with van der Waals surface area (Å²) in [7, 11) is 0. The maximum Gasteiger partial charge on any atom is 0.336 e. The zero-order chi connectivity index (χ0) is 61.0. The van der Waals surface area contributed by atoms with Crippen molar-refractivity contribution in [1.82, 2.24) is 0 Å². The number of aromatic carboxylic acids is 12. The number of aliphatic hydroxyl groups excluding tert-OH is 8. The average molecular weight is 1110 g/mol. The molecule has 20 N–H and O–H groups in total. The molecule has 0 amide bonds. The fraction of sp³-hybridized carbons (Fsp3) is 0.217. The number of carboxylic acids is 12. The molecule has 0 fully saturated rings. The van der Waals surface area contributed by atoms with Crippen LogP contribution in [0.15, 0.2) is 72.8 Å². The third-order valence-electron chi connectivity index (χ3n) is 9.59. The molecule has 0 aliphatic carbocycles. The Hall–Kier alpha value is -9.80. The second-order valence-electron chi connectivity index (χ2n) is 15.0. The lowest BCUT2D eigenvalue weighted by Gasteiger charge is -2.23. The van der Waals surface area contributed by atoms with E-state index in [0.717, 1.165) is 72.8 Å². The molecule has 0 spiro atoms. The molecule has 78 heavy (non-hydrogen) atoms. The molecule has 0 radical (unpaired) electrons. The number of carboxylic acid groups (broad SMARTS) is 12. The molecule has 0 atom stereocenters. The summed E-state index contributed by atoms with van der Waals surface area (Å²) in [5, 5.41) is 171. The standard InChI is InChI=1S/4C9H6O6.2C5H12O4/c4*10-7(11)4-1-2-5(8(12)13)6(3-4)9(14)15;2*6-1-5(2-7,3-8)4-9/h4*1-3H,(H,10,11)(H,12,13)(H,14,15);2*6-9H,1-4H2. The van der Waals surface area contributed by atoms with Crippen LogP contribution in [0.2, 0.25) is 0 Å². The van der Waals surface area contributed by atoms with Gasteiger partial charge in [0.2, 0.25) is 0 Å². The lowest BCUT2D eigenvalue weighted by Crippen LogP contribution is -2.37. The topological polar surface area (TPSA) is 609 Å². The molecule has 0 bridgehead atoms. The van der Waals surface area contributed by atoms with Gasteiger partial charge in [-0.2, -0.15) is 0 Å². The van der Waals surface area contributed by atoms with Crippen molar-refractivity contribution in [3.05, 3.63) is 140 Å². The summed E-state index contributed by atoms with van der Waals surface area (Å²) in [5.41, 5.74) is -7.20. The summed E-state index contributed by atoms with van der Waals surface area (Å²) in [6.07, 6.45) is 0. The first kappa shape index (κ1) is 70.3. The first-order valence-corrected chi connectivity index (χ1v) is 20.4. The summed E-state index contributed by atoms with van der Waals surface area (Å²) >= 11 is 0. The Labute approximate surface area is 433 Å². The molecule has 4 aromatic rings. The van der Waals surface area contributed by atoms with E-state index in [1.165, 1.54) is 0 Å². The molecule has 4 rings (SSSR count). The highest BCUT2D eigenvalue weighted by Gasteiger charge is 2.28. The second kappa shape index (κ2) is 33.2. The Morgan fingerprint density at radius 2 is 0.346 bits per heavy atom. The number of hydrogen-bond donors (Lipinski definition) is 20. The molecule has 0 unspecified atom stereocenters. The molecule has 32 nitrogen and oxygen atoms in total. The van der Waals surface area contributed by atoms with Gasteiger partial charge in [-0.1, -0.05) is 0 Å². The van der Waals surface area contributed by atoms with Gasteiger partial charge in [-0.25, -0.2) is 57.5 Å². The Morgan fingerprint density at radius 3 is 0.423 bits per heavy atom. The maximum absolute atomic E-state index is 10.6. The largest absolute Gasteiger partial charge is 0.478 e. The van der Waals surface area contributed by atoms with E-state index in [1.807, 2.05) is 0 Å². The molecule has 0 heterocycles. The SMILES string of the molecule is O=C(O)c1ccc(C(=O)O)c(C(=O)O)c1.O=C(O)c1ccc(C(=O)O)c(C(=O)O)c1.O=C(O)c1ccc(C(=O)O)c(C(=O)O)c1.O=C(O)c1ccc(C(=O)O)c(C(=O)O)c1.OCC(CO)(CO)CO.OCC(CO)(CO)CO. The predicted molar refractivity (Wildman–Crippen MR) is 251 cm³/mol. The predicted octanol–water partition coefficient (Wildman–Crippen LogP) is -0.991. The molecule has 4 aromatic carbocycles. The van der Waals surface area contributed by atoms with Gasteiger partial charge in [-0.15, -0.1) is 0 Å². The van der Waals surface area contributed by atoms with Gasteiger partial charge in [0.15, 0.2) is 0 Å². The van der Waals surface area contributed by atoms with Gasteiger partial charge in [-0.05, 0) is 72.8 Å². The fourth-order valence-electron chi connectivity index (χ4n) is 4.76. The number of rotatable bonds is 20. The van der Waals surface area contributed by atoms with E-state index in [0.29, 0.717) is 0 Å². The van der Waals surface area contributed by atoms with Crippen molar-refractivity contribution in [3.8, 4) is 0 Å². The van der Waals surface area contributed by atoms with Gasteiger partial charge in [0.25, 0.3) is 0 Å². The Bertz CT molecular complexity index is 2440. The summed E-state index contributed by atoms with van der Waals surface area (Å²) in [6, 6.07) is 11.2. The maximum atomic E-state index is 10.6. The smallest absolute Gasteiger partial charge is 0.336 e. The number of hydrogen-bond acceptors (Lipinski definition) is 20. The molecule has 0 saturated carbocycles. The van der Waals surface area contributed by atoms with Crippen molar-refractivity contribution < 1.29 is 160 Å². The third kappa shape index (κ3) is 21.6. The van der Waals surface area contributed by atoms with Gasteiger partial charge in [0, 0.05) is 0 Å². The minimum absolute atomic E-state index is 0.266. The highest BCUT2D eigenvalue weighted by atomic mass is 16.4. The normalized spacial score (nSPS) is 10.2. The monoisotopic (exact) mass is 1110 g/mol. The minimum atomic E-state index is -1.48. The first-order chi connectivity index (χ1) is 36.2. The zero-order valence-corrected chi connectivity index (χ0v) is 39.4. The van der Waals surface area contributed by atoms with E-state index in [1.54, 1.807) is 0 Å². The molecular formula is C46H48O32. The van der Waals surface area contributed by atoms with Gasteiger partial charge in [0.1, 0.15) is 0 Å². The van der Waals surface area contributed by atoms with Crippen LogP contribution < -0.4 is 0 Å². The molecule has 0 aliphatic heterocycles. The average Bonchev–Trinajstić information content (AvgIpc) is 3.40. The quantitative estimate of drug-likeness (QED) is 0.0505. The lowest BCUT2D eigenvalue weighted by molar-refractivity contribution is -0.0332. The lowest BCUT2D eigenvalue weighted by atomic mass is 9.93. The fourth-order valence-corrected chi connectivity index (χ4v) is 4.76. The van der Waals surface area contributed by atoms with Crippen LogP contribution in [-0.4, -0.2) is 227 Å². The van der Waals surface area contributed by atoms with E-state index >= 15 is 0 Å². The van der Waals surface area contributed by atoms with Crippen LogP contribution in [0.3, 0.4) is 0 Å². The van der Waals surface area contributed by atoms with Crippen molar-refractivity contribution >= 4 is 71.6 Å². The van der Waals surface area contributed by atoms with E-state index in [4.69, 9.17) is 102 Å². The van der Waals surface area contributed by atoms with Crippen LogP contribution in [0.5, 0.6) is 0 Å². The summed E-state index contributed by atoms with van der Waals surface area (Å²) < 4.78 is 0. The molecule has 0 saturated heterocycles. The molecule has 0 aromatic heterocycles. The van der Waals surface area contributed by atoms with Crippen LogP contribution in [0.25, 0.3) is 0 Å². The highest BCUT2D eigenvalue weighted by molar-refractivity contribution is 6.06. The van der Waals surface area contributed by atoms with E-state index in [-0.39, 0.29) is 22.3 Å². The van der Waals surface area contributed by atoms with Gasteiger partial charge in [0.05, 0.1) is 130 Å². The van der Waals surface area contributed by atoms with E-state index in [9.17, 15) is 57.5 Å². The number of aliphatic hydroxyl groups is 8. The summed E-state index contributed by atoms with van der Waals surface area (Å²) in [6.45, 7) is -3.25. The Kier molecular flexibility index (Phi) is 29.9. The number of carbonyl (C=O) groups is 12. The van der Waals surface area contributed by atoms with E-state index < -0.39 is 180 Å². The number of benzene rings is 4. The van der Waals surface area contributed by atoms with Crippen molar-refractivity contribution in [2.24, 2.45) is 10.8 Å². The van der Waals surface area contributed by atoms with Crippen molar-refractivity contribution in [3.63, 3.8) is 0 Å². The van der Waals surface area contributed by atoms with Crippen LogP contribution in [0.1, 0.15) is 124 Å². The summed E-state index contributed by atoms with van der Waals surface area (Å²) in [5.74, 6) is -16.8. The molecule has 0 aliphatic rings. The van der Waals surface area contributed by atoms with Crippen LogP contribution >= 0.6 is 0 Å². The highest BCUT2D eigenvalue weighted by Crippen LogP contribution is 2.17. The zero-order valence-electron chi connectivity index (χ0n) is 39.4. The summed E-state index contributed by atoms with van der Waals surface area (Å²) in [4.78, 5) is 127. The molecule has 424 valence electrons. The van der Waals surface area contributed by atoms with Crippen LogP contribution in [0, 0.1) is 10.8 Å². The van der Waals surface area contributed by atoms with Gasteiger partial charge < -0.3 is 102 Å². The van der Waals surface area contributed by atoms with Crippen LogP contribution in [-0.2, 0) is 0 Å². The first-order valence-electron chi connectivity index (χ1n) is 20.4. The molecular weight excluding hydrogens is 1060 g/mol.